The Balaban J connectivity index is 1.56. The molecule has 1 atom stereocenters. The van der Waals surface area contributed by atoms with E-state index in [1.54, 1.807) is 0 Å². The zero-order chi connectivity index (χ0) is 17.8. The zero-order valence-electron chi connectivity index (χ0n) is 14.7. The number of piperazine rings is 1. The van der Waals surface area contributed by atoms with E-state index in [0.717, 1.165) is 31.7 Å². The van der Waals surface area contributed by atoms with Crippen molar-refractivity contribution in [1.29, 1.82) is 0 Å². The second-order valence-corrected chi connectivity index (χ2v) is 6.45. The Morgan fingerprint density at radius 3 is 2.52 bits per heavy atom. The van der Waals surface area contributed by atoms with Gasteiger partial charge in [0.15, 0.2) is 0 Å². The van der Waals surface area contributed by atoms with E-state index in [4.69, 9.17) is 4.52 Å². The highest BCUT2D eigenvalue weighted by molar-refractivity contribution is 5.73. The molecular weight excluding hydrogens is 320 g/mol. The summed E-state index contributed by atoms with van der Waals surface area (Å²) >= 11 is 0. The molecule has 0 bridgehead atoms. The fourth-order valence-electron chi connectivity index (χ4n) is 3.15. The van der Waals surface area contributed by atoms with Gasteiger partial charge in [0.25, 0.3) is 0 Å². The first kappa shape index (κ1) is 17.6. The Bertz CT molecular complexity index is 705. The summed E-state index contributed by atoms with van der Waals surface area (Å²) in [4.78, 5) is 20.0. The molecule has 1 aliphatic heterocycles. The van der Waals surface area contributed by atoms with E-state index in [1.807, 2.05) is 43.0 Å². The van der Waals surface area contributed by atoms with Gasteiger partial charge in [-0.25, -0.2) is 0 Å². The highest BCUT2D eigenvalue weighted by Gasteiger charge is 2.27. The molecule has 1 fully saturated rings. The van der Waals surface area contributed by atoms with E-state index >= 15 is 0 Å². The molecule has 1 aliphatic rings. The molecule has 2 aromatic rings. The molecule has 7 nitrogen and oxygen atoms in total. The summed E-state index contributed by atoms with van der Waals surface area (Å²) < 4.78 is 5.38. The second kappa shape index (κ2) is 7.76. The normalized spacial score (nSPS) is 17.5. The first-order valence-corrected chi connectivity index (χ1v) is 8.65. The van der Waals surface area contributed by atoms with E-state index in [2.05, 4.69) is 15.0 Å². The van der Waals surface area contributed by atoms with Gasteiger partial charge in [-0.05, 0) is 13.3 Å². The van der Waals surface area contributed by atoms with Crippen LogP contribution in [0, 0.1) is 6.92 Å². The number of aliphatic carboxylic acids is 1. The van der Waals surface area contributed by atoms with Crippen LogP contribution in [0.3, 0.4) is 0 Å². The van der Waals surface area contributed by atoms with Crippen molar-refractivity contribution in [2.45, 2.75) is 32.9 Å². The second-order valence-electron chi connectivity index (χ2n) is 6.45. The molecule has 7 heteroatoms. The van der Waals surface area contributed by atoms with Gasteiger partial charge < -0.3 is 9.63 Å². The van der Waals surface area contributed by atoms with Crippen LogP contribution < -0.4 is 0 Å². The molecule has 0 radical (unpaired) electrons. The molecule has 1 saturated heterocycles. The Hall–Kier alpha value is -2.25. The Kier molecular flexibility index (Phi) is 5.45. The lowest BCUT2D eigenvalue weighted by atomic mass is 10.1. The maximum absolute atomic E-state index is 11.3. The van der Waals surface area contributed by atoms with Crippen LogP contribution in [0.4, 0.5) is 0 Å². The summed E-state index contributed by atoms with van der Waals surface area (Å²) in [5.74, 6) is 0.454. The number of hydrogen-bond donors (Lipinski definition) is 1. The van der Waals surface area contributed by atoms with Crippen molar-refractivity contribution in [2.75, 3.05) is 26.2 Å². The van der Waals surface area contributed by atoms with E-state index in [-0.39, 0.29) is 0 Å². The van der Waals surface area contributed by atoms with Crippen molar-refractivity contribution >= 4 is 5.97 Å². The average molecular weight is 344 g/mol. The van der Waals surface area contributed by atoms with E-state index in [0.29, 0.717) is 24.7 Å². The van der Waals surface area contributed by atoms with Crippen LogP contribution in [0.15, 0.2) is 28.8 Å². The number of aryl methyl sites for hydroxylation is 1. The van der Waals surface area contributed by atoms with Gasteiger partial charge in [-0.15, -0.1) is 0 Å². The maximum Gasteiger partial charge on any atom is 0.320 e. The number of carboxylic acid groups (broad SMARTS) is 1. The number of carbonyl (C=O) groups is 1. The highest BCUT2D eigenvalue weighted by Crippen LogP contribution is 2.18. The van der Waals surface area contributed by atoms with Crippen molar-refractivity contribution in [1.82, 2.24) is 19.9 Å². The summed E-state index contributed by atoms with van der Waals surface area (Å²) in [6.45, 7) is 7.62. The topological polar surface area (TPSA) is 82.7 Å². The summed E-state index contributed by atoms with van der Waals surface area (Å²) in [6, 6.07) is 7.63. The predicted octanol–water partition coefficient (Wildman–Crippen LogP) is 2.03. The smallest absolute Gasteiger partial charge is 0.320 e. The van der Waals surface area contributed by atoms with Crippen LogP contribution in [0.5, 0.6) is 0 Å². The molecule has 3 rings (SSSR count). The Morgan fingerprint density at radius 1 is 1.24 bits per heavy atom. The molecule has 0 spiro atoms. The maximum atomic E-state index is 11.3. The van der Waals surface area contributed by atoms with E-state index < -0.39 is 12.0 Å². The first-order chi connectivity index (χ1) is 12.1. The fraction of sp³-hybridized carbons (Fsp3) is 0.500. The summed E-state index contributed by atoms with van der Waals surface area (Å²) in [5.41, 5.74) is 2.13. The SMILES string of the molecule is CCC(C(=O)O)N1CCN(Cc2nc(-c3ccc(C)cc3)no2)CC1. The van der Waals surface area contributed by atoms with Crippen molar-refractivity contribution in [3.63, 3.8) is 0 Å². The molecule has 1 unspecified atom stereocenters. The standard InChI is InChI=1S/C18H24N4O3/c1-3-15(18(23)24)22-10-8-21(9-11-22)12-16-19-17(20-25-16)14-6-4-13(2)5-7-14/h4-7,15H,3,8-12H2,1-2H3,(H,23,24). The highest BCUT2D eigenvalue weighted by atomic mass is 16.5. The minimum absolute atomic E-state index is 0.390. The number of nitrogens with zero attached hydrogens (tertiary/aromatic N) is 4. The van der Waals surface area contributed by atoms with Gasteiger partial charge in [0.1, 0.15) is 6.04 Å². The molecule has 134 valence electrons. The third-order valence-corrected chi connectivity index (χ3v) is 4.66. The third-order valence-electron chi connectivity index (χ3n) is 4.66. The number of aromatic nitrogens is 2. The molecule has 2 heterocycles. The van der Waals surface area contributed by atoms with Crippen LogP contribution in [0.1, 0.15) is 24.8 Å². The summed E-state index contributed by atoms with van der Waals surface area (Å²) in [6.07, 6.45) is 0.624. The Morgan fingerprint density at radius 2 is 1.92 bits per heavy atom. The van der Waals surface area contributed by atoms with Gasteiger partial charge in [0.05, 0.1) is 6.54 Å². The third kappa shape index (κ3) is 4.24. The van der Waals surface area contributed by atoms with Crippen molar-refractivity contribution in [2.24, 2.45) is 0 Å². The van der Waals surface area contributed by atoms with Crippen LogP contribution in [-0.4, -0.2) is 63.2 Å². The van der Waals surface area contributed by atoms with Gasteiger partial charge in [-0.1, -0.05) is 41.9 Å². The molecular formula is C18H24N4O3. The molecule has 1 N–H and O–H groups in total. The number of rotatable bonds is 6. The molecule has 25 heavy (non-hydrogen) atoms. The van der Waals surface area contributed by atoms with Crippen molar-refractivity contribution in [3.05, 3.63) is 35.7 Å². The molecule has 1 aromatic heterocycles. The first-order valence-electron chi connectivity index (χ1n) is 8.65. The van der Waals surface area contributed by atoms with Gasteiger partial charge >= 0.3 is 5.97 Å². The van der Waals surface area contributed by atoms with Crippen molar-refractivity contribution in [3.8, 4) is 11.4 Å². The lowest BCUT2D eigenvalue weighted by Gasteiger charge is -2.36. The molecule has 0 aliphatic carbocycles. The van der Waals surface area contributed by atoms with Crippen LogP contribution in [0.25, 0.3) is 11.4 Å². The summed E-state index contributed by atoms with van der Waals surface area (Å²) in [7, 11) is 0. The summed E-state index contributed by atoms with van der Waals surface area (Å²) in [5, 5.41) is 13.3. The fourth-order valence-corrected chi connectivity index (χ4v) is 3.15. The number of hydrogen-bond acceptors (Lipinski definition) is 6. The Labute approximate surface area is 147 Å². The lowest BCUT2D eigenvalue weighted by molar-refractivity contribution is -0.144. The van der Waals surface area contributed by atoms with Crippen LogP contribution >= 0.6 is 0 Å². The average Bonchev–Trinajstić information content (AvgIpc) is 3.06. The quantitative estimate of drug-likeness (QED) is 0.858. The molecule has 0 saturated carbocycles. The number of carboxylic acids is 1. The van der Waals surface area contributed by atoms with Crippen molar-refractivity contribution < 1.29 is 14.4 Å². The molecule has 0 amide bonds. The monoisotopic (exact) mass is 344 g/mol. The largest absolute Gasteiger partial charge is 0.480 e. The minimum atomic E-state index is -0.740. The van der Waals surface area contributed by atoms with E-state index in [1.165, 1.54) is 5.56 Å². The van der Waals surface area contributed by atoms with Crippen LogP contribution in [-0.2, 0) is 11.3 Å². The van der Waals surface area contributed by atoms with Gasteiger partial charge in [-0.3, -0.25) is 14.6 Å². The van der Waals surface area contributed by atoms with Gasteiger partial charge in [-0.2, -0.15) is 4.98 Å². The van der Waals surface area contributed by atoms with Gasteiger partial charge in [0.2, 0.25) is 11.7 Å². The predicted molar refractivity (Wildman–Crippen MR) is 93.0 cm³/mol. The van der Waals surface area contributed by atoms with E-state index in [9.17, 15) is 9.90 Å². The number of benzene rings is 1. The minimum Gasteiger partial charge on any atom is -0.480 e. The molecule has 1 aromatic carbocycles. The zero-order valence-corrected chi connectivity index (χ0v) is 14.7. The lowest BCUT2D eigenvalue weighted by Crippen LogP contribution is -2.52. The van der Waals surface area contributed by atoms with Crippen LogP contribution in [0.2, 0.25) is 0 Å². The van der Waals surface area contributed by atoms with Gasteiger partial charge in [0, 0.05) is 31.7 Å².